The van der Waals surface area contributed by atoms with Gasteiger partial charge in [-0.3, -0.25) is 4.72 Å². The van der Waals surface area contributed by atoms with E-state index < -0.39 is 16.2 Å². The minimum absolute atomic E-state index is 0.0106. The monoisotopic (exact) mass is 260 g/mol. The zero-order chi connectivity index (χ0) is 12.3. The molecule has 94 valence electrons. The number of piperazine rings is 1. The Morgan fingerprint density at radius 3 is 2.71 bits per heavy atom. The topological polar surface area (TPSA) is 74.3 Å². The molecular weight excluding hydrogens is 247 g/mol. The maximum atomic E-state index is 12.8. The minimum Gasteiger partial charge on any atom is -0.314 e. The predicted octanol–water partition coefficient (Wildman–Crippen LogP) is -0.217. The molecule has 0 spiro atoms. The van der Waals surface area contributed by atoms with Crippen molar-refractivity contribution in [1.82, 2.24) is 14.6 Å². The van der Waals surface area contributed by atoms with Gasteiger partial charge >= 0.3 is 10.2 Å². The highest BCUT2D eigenvalue weighted by molar-refractivity contribution is 7.90. The standard InChI is InChI=1S/C9H13FN4O2S/c10-8-2-1-3-9(12-8)13-17(15,16)14-6-4-11-5-7-14/h1-3,11H,4-7H2,(H,12,13). The maximum Gasteiger partial charge on any atom is 0.302 e. The average Bonchev–Trinajstić information content (AvgIpc) is 2.29. The molecule has 0 saturated carbocycles. The minimum atomic E-state index is -3.64. The van der Waals surface area contributed by atoms with Crippen LogP contribution in [0.3, 0.4) is 0 Å². The highest BCUT2D eigenvalue weighted by Crippen LogP contribution is 2.09. The van der Waals surface area contributed by atoms with Gasteiger partial charge in [0.15, 0.2) is 0 Å². The Kier molecular flexibility index (Phi) is 3.55. The van der Waals surface area contributed by atoms with Crippen molar-refractivity contribution in [2.75, 3.05) is 30.9 Å². The van der Waals surface area contributed by atoms with Crippen molar-refractivity contribution in [2.45, 2.75) is 0 Å². The Morgan fingerprint density at radius 2 is 2.06 bits per heavy atom. The van der Waals surface area contributed by atoms with Crippen molar-refractivity contribution in [3.63, 3.8) is 0 Å². The number of aromatic nitrogens is 1. The second kappa shape index (κ2) is 4.94. The van der Waals surface area contributed by atoms with E-state index in [2.05, 4.69) is 15.0 Å². The lowest BCUT2D eigenvalue weighted by atomic mass is 10.4. The van der Waals surface area contributed by atoms with Crippen LogP contribution in [0.25, 0.3) is 0 Å². The van der Waals surface area contributed by atoms with Crippen LogP contribution < -0.4 is 10.0 Å². The van der Waals surface area contributed by atoms with Gasteiger partial charge in [-0.25, -0.2) is 4.98 Å². The van der Waals surface area contributed by atoms with Crippen molar-refractivity contribution in [3.05, 3.63) is 24.1 Å². The molecule has 1 aliphatic heterocycles. The van der Waals surface area contributed by atoms with Crippen LogP contribution in [0.5, 0.6) is 0 Å². The summed E-state index contributed by atoms with van der Waals surface area (Å²) in [6, 6.07) is 3.96. The number of pyridine rings is 1. The SMILES string of the molecule is O=S(=O)(Nc1cccc(F)n1)N1CCNCC1. The number of nitrogens with zero attached hydrogens (tertiary/aromatic N) is 2. The van der Waals surface area contributed by atoms with Crippen LogP contribution in [-0.4, -0.2) is 43.9 Å². The molecule has 2 heterocycles. The summed E-state index contributed by atoms with van der Waals surface area (Å²) in [5, 5.41) is 3.05. The van der Waals surface area contributed by atoms with Crippen LogP contribution in [0.2, 0.25) is 0 Å². The number of anilines is 1. The highest BCUT2D eigenvalue weighted by atomic mass is 32.2. The summed E-state index contributed by atoms with van der Waals surface area (Å²) in [6.07, 6.45) is 0. The van der Waals surface area contributed by atoms with Crippen LogP contribution in [0.4, 0.5) is 10.2 Å². The quantitative estimate of drug-likeness (QED) is 0.737. The van der Waals surface area contributed by atoms with E-state index in [1.54, 1.807) is 0 Å². The van der Waals surface area contributed by atoms with Gasteiger partial charge in [-0.2, -0.15) is 17.1 Å². The molecular formula is C9H13FN4O2S. The van der Waals surface area contributed by atoms with Crippen molar-refractivity contribution in [3.8, 4) is 0 Å². The molecule has 1 aromatic heterocycles. The fourth-order valence-corrected chi connectivity index (χ4v) is 2.72. The van der Waals surface area contributed by atoms with Crippen molar-refractivity contribution >= 4 is 16.0 Å². The van der Waals surface area contributed by atoms with E-state index in [1.807, 2.05) is 0 Å². The zero-order valence-corrected chi connectivity index (χ0v) is 9.87. The van der Waals surface area contributed by atoms with Crippen LogP contribution in [0.15, 0.2) is 18.2 Å². The summed E-state index contributed by atoms with van der Waals surface area (Å²) in [5.74, 6) is -0.728. The van der Waals surface area contributed by atoms with Gasteiger partial charge < -0.3 is 5.32 Å². The van der Waals surface area contributed by atoms with Crippen molar-refractivity contribution in [2.24, 2.45) is 0 Å². The van der Waals surface area contributed by atoms with E-state index in [9.17, 15) is 12.8 Å². The van der Waals surface area contributed by atoms with Gasteiger partial charge in [0.05, 0.1) is 0 Å². The molecule has 0 amide bonds. The fourth-order valence-electron chi connectivity index (χ4n) is 1.55. The first-order chi connectivity index (χ1) is 8.08. The van der Waals surface area contributed by atoms with E-state index in [0.717, 1.165) is 6.07 Å². The summed E-state index contributed by atoms with van der Waals surface area (Å²) < 4.78 is 40.1. The lowest BCUT2D eigenvalue weighted by Gasteiger charge is -2.26. The molecule has 0 radical (unpaired) electrons. The van der Waals surface area contributed by atoms with E-state index in [1.165, 1.54) is 16.4 Å². The normalized spacial score (nSPS) is 17.9. The molecule has 1 saturated heterocycles. The Hall–Kier alpha value is -1.25. The molecule has 0 aromatic carbocycles. The van der Waals surface area contributed by atoms with Gasteiger partial charge in [0.25, 0.3) is 0 Å². The second-order valence-corrected chi connectivity index (χ2v) is 5.27. The van der Waals surface area contributed by atoms with E-state index in [4.69, 9.17) is 0 Å². The summed E-state index contributed by atoms with van der Waals surface area (Å²) in [7, 11) is -3.64. The molecule has 17 heavy (non-hydrogen) atoms. The first kappa shape index (κ1) is 12.2. The maximum absolute atomic E-state index is 12.8. The summed E-state index contributed by atoms with van der Waals surface area (Å²) >= 11 is 0. The molecule has 0 atom stereocenters. The van der Waals surface area contributed by atoms with Crippen LogP contribution in [0, 0.1) is 5.95 Å². The first-order valence-corrected chi connectivity index (χ1v) is 6.63. The Labute approximate surface area is 99.0 Å². The number of rotatable bonds is 3. The second-order valence-electron chi connectivity index (χ2n) is 3.60. The number of halogens is 1. The summed E-state index contributed by atoms with van der Waals surface area (Å²) in [4.78, 5) is 3.45. The van der Waals surface area contributed by atoms with E-state index in [0.29, 0.717) is 26.2 Å². The van der Waals surface area contributed by atoms with Gasteiger partial charge in [-0.05, 0) is 12.1 Å². The molecule has 0 bridgehead atoms. The van der Waals surface area contributed by atoms with Gasteiger partial charge in [0.2, 0.25) is 5.95 Å². The van der Waals surface area contributed by atoms with Crippen LogP contribution in [0.1, 0.15) is 0 Å². The first-order valence-electron chi connectivity index (χ1n) is 5.19. The van der Waals surface area contributed by atoms with Gasteiger partial charge in [0, 0.05) is 26.2 Å². The van der Waals surface area contributed by atoms with Crippen LogP contribution in [-0.2, 0) is 10.2 Å². The largest absolute Gasteiger partial charge is 0.314 e. The van der Waals surface area contributed by atoms with Gasteiger partial charge in [-0.15, -0.1) is 0 Å². The molecule has 2 rings (SSSR count). The number of hydrogen-bond acceptors (Lipinski definition) is 4. The third kappa shape index (κ3) is 3.11. The molecule has 1 fully saturated rings. The summed E-state index contributed by atoms with van der Waals surface area (Å²) in [6.45, 7) is 2.00. The number of nitrogens with one attached hydrogen (secondary N) is 2. The van der Waals surface area contributed by atoms with E-state index in [-0.39, 0.29) is 5.82 Å². The third-order valence-electron chi connectivity index (χ3n) is 2.36. The molecule has 1 aliphatic rings. The summed E-state index contributed by atoms with van der Waals surface area (Å²) in [5.41, 5.74) is 0. The van der Waals surface area contributed by atoms with Gasteiger partial charge in [-0.1, -0.05) is 6.07 Å². The lowest BCUT2D eigenvalue weighted by Crippen LogP contribution is -2.48. The molecule has 1 aromatic rings. The smallest absolute Gasteiger partial charge is 0.302 e. The van der Waals surface area contributed by atoms with E-state index >= 15 is 0 Å². The Morgan fingerprint density at radius 1 is 1.35 bits per heavy atom. The highest BCUT2D eigenvalue weighted by Gasteiger charge is 2.23. The zero-order valence-electron chi connectivity index (χ0n) is 9.06. The van der Waals surface area contributed by atoms with Crippen LogP contribution >= 0.6 is 0 Å². The third-order valence-corrected chi connectivity index (χ3v) is 3.88. The molecule has 0 aliphatic carbocycles. The average molecular weight is 260 g/mol. The predicted molar refractivity (Wildman–Crippen MR) is 61.2 cm³/mol. The lowest BCUT2D eigenvalue weighted by molar-refractivity contribution is 0.362. The Bertz CT molecular complexity index is 488. The Balaban J connectivity index is 2.11. The van der Waals surface area contributed by atoms with Crippen molar-refractivity contribution < 1.29 is 12.8 Å². The number of hydrogen-bond donors (Lipinski definition) is 2. The molecule has 2 N–H and O–H groups in total. The van der Waals surface area contributed by atoms with Crippen molar-refractivity contribution in [1.29, 1.82) is 0 Å². The molecule has 6 nitrogen and oxygen atoms in total. The van der Waals surface area contributed by atoms with Gasteiger partial charge in [0.1, 0.15) is 5.82 Å². The molecule has 0 unspecified atom stereocenters. The fraction of sp³-hybridized carbons (Fsp3) is 0.444. The molecule has 8 heteroatoms.